The molecule has 1 aliphatic rings. The molecule has 0 bridgehead atoms. The first kappa shape index (κ1) is 15.4. The Morgan fingerprint density at radius 2 is 2.05 bits per heavy atom. The number of alkyl halides is 1. The second-order valence-electron chi connectivity index (χ2n) is 5.39. The van der Waals surface area contributed by atoms with Gasteiger partial charge in [0.1, 0.15) is 0 Å². The van der Waals surface area contributed by atoms with Crippen LogP contribution in [0.2, 0.25) is 0 Å². The second-order valence-corrected chi connectivity index (χ2v) is 7.46. The fourth-order valence-electron chi connectivity index (χ4n) is 2.38. The van der Waals surface area contributed by atoms with Crippen LogP contribution >= 0.6 is 11.6 Å². The van der Waals surface area contributed by atoms with Crippen LogP contribution in [0.4, 0.5) is 11.4 Å². The summed E-state index contributed by atoms with van der Waals surface area (Å²) in [5.41, 5.74) is 1.70. The molecule has 0 spiro atoms. The largest absolute Gasteiger partial charge is 0.371 e. The van der Waals surface area contributed by atoms with Gasteiger partial charge >= 0.3 is 0 Å². The molecule has 112 valence electrons. The minimum atomic E-state index is -3.34. The Morgan fingerprint density at radius 3 is 2.70 bits per heavy atom. The summed E-state index contributed by atoms with van der Waals surface area (Å²) in [6.07, 6.45) is 2.40. The Bertz CT molecular complexity index is 542. The van der Waals surface area contributed by atoms with Crippen molar-refractivity contribution in [1.82, 2.24) is 0 Å². The van der Waals surface area contributed by atoms with E-state index in [1.54, 1.807) is 6.07 Å². The highest BCUT2D eigenvalue weighted by molar-refractivity contribution is 7.92. The Hall–Kier alpha value is -0.940. The normalized spacial score (nSPS) is 17.2. The first-order chi connectivity index (χ1) is 9.50. The van der Waals surface area contributed by atoms with Gasteiger partial charge in [-0.25, -0.2) is 8.42 Å². The average molecular weight is 317 g/mol. The monoisotopic (exact) mass is 316 g/mol. The number of halogens is 1. The summed E-state index contributed by atoms with van der Waals surface area (Å²) >= 11 is 5.67. The minimum Gasteiger partial charge on any atom is -0.371 e. The topological polar surface area (TPSA) is 49.4 Å². The number of anilines is 2. The molecule has 1 aromatic carbocycles. The maximum atomic E-state index is 12.0. The van der Waals surface area contributed by atoms with Crippen molar-refractivity contribution in [1.29, 1.82) is 0 Å². The smallest absolute Gasteiger partial charge is 0.233 e. The summed E-state index contributed by atoms with van der Waals surface area (Å²) < 4.78 is 26.7. The third-order valence-electron chi connectivity index (χ3n) is 3.36. The molecule has 1 N–H and O–H groups in total. The third-order valence-corrected chi connectivity index (χ3v) is 5.44. The fourth-order valence-corrected chi connectivity index (χ4v) is 4.06. The van der Waals surface area contributed by atoms with Crippen LogP contribution in [0.15, 0.2) is 24.3 Å². The van der Waals surface area contributed by atoms with Crippen LogP contribution in [0.3, 0.4) is 0 Å². The lowest BCUT2D eigenvalue weighted by Crippen LogP contribution is -2.22. The van der Waals surface area contributed by atoms with E-state index in [9.17, 15) is 8.42 Å². The molecule has 1 aliphatic heterocycles. The first-order valence-corrected chi connectivity index (χ1v) is 9.10. The number of rotatable bonds is 6. The van der Waals surface area contributed by atoms with Crippen molar-refractivity contribution in [3.8, 4) is 0 Å². The molecule has 4 nitrogen and oxygen atoms in total. The number of benzene rings is 1. The average Bonchev–Trinajstić information content (AvgIpc) is 2.91. The van der Waals surface area contributed by atoms with Crippen molar-refractivity contribution < 1.29 is 8.42 Å². The number of hydrogen-bond acceptors (Lipinski definition) is 3. The third kappa shape index (κ3) is 4.28. The van der Waals surface area contributed by atoms with Crippen molar-refractivity contribution in [3.63, 3.8) is 0 Å². The maximum Gasteiger partial charge on any atom is 0.233 e. The predicted molar refractivity (Wildman–Crippen MR) is 85.2 cm³/mol. The molecule has 0 radical (unpaired) electrons. The van der Waals surface area contributed by atoms with Gasteiger partial charge in [-0.05, 0) is 37.0 Å². The molecule has 0 aliphatic carbocycles. The van der Waals surface area contributed by atoms with Crippen molar-refractivity contribution in [2.75, 3.05) is 34.3 Å². The van der Waals surface area contributed by atoms with Gasteiger partial charge in [0, 0.05) is 24.7 Å². The highest BCUT2D eigenvalue weighted by atomic mass is 35.5. The highest BCUT2D eigenvalue weighted by Gasteiger charge is 2.16. The van der Waals surface area contributed by atoms with Gasteiger partial charge in [-0.15, -0.1) is 11.6 Å². The van der Waals surface area contributed by atoms with Crippen molar-refractivity contribution in [2.45, 2.75) is 19.8 Å². The second kappa shape index (κ2) is 6.68. The summed E-state index contributed by atoms with van der Waals surface area (Å²) in [6, 6.07) is 7.58. The number of hydrogen-bond donors (Lipinski definition) is 1. The van der Waals surface area contributed by atoms with Crippen LogP contribution in [0.5, 0.6) is 0 Å². The van der Waals surface area contributed by atoms with Crippen molar-refractivity contribution >= 4 is 33.0 Å². The molecule has 1 fully saturated rings. The zero-order valence-electron chi connectivity index (χ0n) is 11.7. The van der Waals surface area contributed by atoms with E-state index in [2.05, 4.69) is 9.62 Å². The van der Waals surface area contributed by atoms with Crippen LogP contribution in [-0.4, -0.2) is 33.1 Å². The molecular weight excluding hydrogens is 296 g/mol. The number of nitrogens with one attached hydrogen (secondary N) is 1. The number of nitrogens with zero attached hydrogens (tertiary/aromatic N) is 1. The van der Waals surface area contributed by atoms with Crippen LogP contribution in [0.1, 0.15) is 19.8 Å². The van der Waals surface area contributed by atoms with E-state index < -0.39 is 10.0 Å². The Morgan fingerprint density at radius 1 is 1.35 bits per heavy atom. The molecule has 1 aromatic rings. The Balaban J connectivity index is 2.07. The summed E-state index contributed by atoms with van der Waals surface area (Å²) in [5.74, 6) is 0.329. The van der Waals surface area contributed by atoms with E-state index in [0.29, 0.717) is 11.6 Å². The van der Waals surface area contributed by atoms with E-state index in [-0.39, 0.29) is 11.7 Å². The van der Waals surface area contributed by atoms with E-state index in [0.717, 1.165) is 18.8 Å². The van der Waals surface area contributed by atoms with E-state index in [4.69, 9.17) is 11.6 Å². The zero-order valence-corrected chi connectivity index (χ0v) is 13.3. The van der Waals surface area contributed by atoms with Crippen LogP contribution in [0, 0.1) is 5.92 Å². The quantitative estimate of drug-likeness (QED) is 0.821. The molecule has 2 rings (SSSR count). The van der Waals surface area contributed by atoms with Gasteiger partial charge in [-0.2, -0.15) is 0 Å². The minimum absolute atomic E-state index is 0.0461. The summed E-state index contributed by atoms with van der Waals surface area (Å²) in [6.45, 7) is 3.91. The molecule has 6 heteroatoms. The molecule has 1 saturated heterocycles. The summed E-state index contributed by atoms with van der Waals surface area (Å²) in [4.78, 5) is 2.28. The van der Waals surface area contributed by atoms with Gasteiger partial charge in [0.25, 0.3) is 0 Å². The van der Waals surface area contributed by atoms with E-state index in [1.165, 1.54) is 12.8 Å². The molecule has 1 atom stereocenters. The Labute approximate surface area is 126 Å². The lowest BCUT2D eigenvalue weighted by atomic mass is 10.2. The van der Waals surface area contributed by atoms with Gasteiger partial charge in [0.15, 0.2) is 0 Å². The van der Waals surface area contributed by atoms with Crippen molar-refractivity contribution in [2.24, 2.45) is 5.92 Å². The van der Waals surface area contributed by atoms with Gasteiger partial charge in [-0.1, -0.05) is 13.0 Å². The maximum absolute atomic E-state index is 12.0. The summed E-state index contributed by atoms with van der Waals surface area (Å²) in [5, 5.41) is 0. The van der Waals surface area contributed by atoms with Crippen LogP contribution in [-0.2, 0) is 10.0 Å². The molecule has 0 amide bonds. The van der Waals surface area contributed by atoms with E-state index in [1.807, 2.05) is 25.1 Å². The number of sulfonamides is 1. The van der Waals surface area contributed by atoms with Crippen molar-refractivity contribution in [3.05, 3.63) is 24.3 Å². The van der Waals surface area contributed by atoms with E-state index >= 15 is 0 Å². The van der Waals surface area contributed by atoms with Crippen LogP contribution in [0.25, 0.3) is 0 Å². The fraction of sp³-hybridized carbons (Fsp3) is 0.571. The zero-order chi connectivity index (χ0) is 14.6. The summed E-state index contributed by atoms with van der Waals surface area (Å²) in [7, 11) is -3.34. The molecular formula is C14H21ClN2O2S. The standard InChI is InChI=1S/C14H21ClN2O2S/c1-12(10-15)11-20(18,19)16-13-5-4-6-14(9-13)17-7-2-3-8-17/h4-6,9,12,16H,2-3,7-8,10-11H2,1H3. The van der Waals surface area contributed by atoms with Gasteiger partial charge in [-0.3, -0.25) is 4.72 Å². The van der Waals surface area contributed by atoms with Gasteiger partial charge < -0.3 is 4.90 Å². The molecule has 0 saturated carbocycles. The molecule has 20 heavy (non-hydrogen) atoms. The SMILES string of the molecule is CC(CCl)CS(=O)(=O)Nc1cccc(N2CCCC2)c1. The first-order valence-electron chi connectivity index (χ1n) is 6.91. The molecule has 0 aromatic heterocycles. The lowest BCUT2D eigenvalue weighted by Gasteiger charge is -2.19. The van der Waals surface area contributed by atoms with Gasteiger partial charge in [0.2, 0.25) is 10.0 Å². The Kier molecular flexibility index (Phi) is 5.16. The molecule has 1 unspecified atom stereocenters. The lowest BCUT2D eigenvalue weighted by molar-refractivity contribution is 0.588. The predicted octanol–water partition coefficient (Wildman–Crippen LogP) is 2.90. The highest BCUT2D eigenvalue weighted by Crippen LogP contribution is 2.24. The van der Waals surface area contributed by atoms with Crippen LogP contribution < -0.4 is 9.62 Å². The molecule has 1 heterocycles. The van der Waals surface area contributed by atoms with Gasteiger partial charge in [0.05, 0.1) is 11.4 Å².